The molecule has 1 saturated heterocycles. The molecule has 1 amide bonds. The normalized spacial score (nSPS) is 18.5. The lowest BCUT2D eigenvalue weighted by molar-refractivity contribution is 0.167. The quantitative estimate of drug-likeness (QED) is 0.895. The van der Waals surface area contributed by atoms with Crippen molar-refractivity contribution in [3.8, 4) is 0 Å². The lowest BCUT2D eigenvalue weighted by atomic mass is 10.2. The minimum atomic E-state index is -0.401. The smallest absolute Gasteiger partial charge is 0.407 e. The molecule has 7 heteroatoms. The summed E-state index contributed by atoms with van der Waals surface area (Å²) in [5.74, 6) is 0.830. The van der Waals surface area contributed by atoms with Gasteiger partial charge in [0.2, 0.25) is 0 Å². The number of nitrogens with one attached hydrogen (secondary N) is 1. The lowest BCUT2D eigenvalue weighted by Gasteiger charge is -2.20. The van der Waals surface area contributed by atoms with Crippen LogP contribution in [0.5, 0.6) is 0 Å². The van der Waals surface area contributed by atoms with Crippen molar-refractivity contribution >= 4 is 23.5 Å². The van der Waals surface area contributed by atoms with E-state index >= 15 is 0 Å². The summed E-state index contributed by atoms with van der Waals surface area (Å²) in [6.45, 7) is 5.43. The molecule has 1 unspecified atom stereocenters. The van der Waals surface area contributed by atoms with E-state index in [0.717, 1.165) is 29.9 Å². The van der Waals surface area contributed by atoms with E-state index in [1.165, 1.54) is 7.11 Å². The van der Waals surface area contributed by atoms with Gasteiger partial charge in [0.15, 0.2) is 11.0 Å². The number of anilines is 1. The second kappa shape index (κ2) is 5.61. The van der Waals surface area contributed by atoms with Crippen molar-refractivity contribution in [3.05, 3.63) is 16.3 Å². The highest BCUT2D eigenvalue weighted by Gasteiger charge is 2.26. The number of nitrogens with zero attached hydrogens (tertiary/aromatic N) is 3. The summed E-state index contributed by atoms with van der Waals surface area (Å²) in [5, 5.41) is 11.3. The average Bonchev–Trinajstić information content (AvgIpc) is 2.84. The zero-order valence-electron chi connectivity index (χ0n) is 11.2. The summed E-state index contributed by atoms with van der Waals surface area (Å²) in [6, 6.07) is 0.0737. The Hall–Kier alpha value is -1.56. The molecule has 1 aliphatic rings. The lowest BCUT2D eigenvalue weighted by Crippen LogP contribution is -2.37. The molecule has 1 N–H and O–H groups in total. The van der Waals surface area contributed by atoms with Crippen molar-refractivity contribution in [3.63, 3.8) is 0 Å². The molecule has 0 radical (unpaired) electrons. The molecule has 0 saturated carbocycles. The van der Waals surface area contributed by atoms with Gasteiger partial charge in [0.1, 0.15) is 0 Å². The first kappa shape index (κ1) is 13.9. The Morgan fingerprint density at radius 1 is 1.42 bits per heavy atom. The van der Waals surface area contributed by atoms with Crippen LogP contribution in [0.25, 0.3) is 0 Å². The fourth-order valence-corrected chi connectivity index (χ4v) is 2.34. The maximum atomic E-state index is 11.2. The number of carbonyl (C=O) groups excluding carboxylic acids is 1. The van der Waals surface area contributed by atoms with Crippen LogP contribution in [-0.2, 0) is 4.74 Å². The van der Waals surface area contributed by atoms with Crippen molar-refractivity contribution in [1.29, 1.82) is 0 Å². The zero-order chi connectivity index (χ0) is 14.0. The highest BCUT2D eigenvalue weighted by atomic mass is 35.5. The second-order valence-corrected chi connectivity index (χ2v) is 4.99. The number of methoxy groups -OCH3 is 1. The van der Waals surface area contributed by atoms with Gasteiger partial charge in [-0.2, -0.15) is 0 Å². The molecule has 2 heterocycles. The third-order valence-electron chi connectivity index (χ3n) is 3.44. The third kappa shape index (κ3) is 2.89. The Balaban J connectivity index is 2.09. The first-order chi connectivity index (χ1) is 9.02. The van der Waals surface area contributed by atoms with E-state index in [1.54, 1.807) is 0 Å². The van der Waals surface area contributed by atoms with Crippen molar-refractivity contribution in [1.82, 2.24) is 15.5 Å². The number of hydrogen-bond donors (Lipinski definition) is 1. The predicted molar refractivity (Wildman–Crippen MR) is 72.7 cm³/mol. The van der Waals surface area contributed by atoms with Crippen molar-refractivity contribution in [2.24, 2.45) is 0 Å². The van der Waals surface area contributed by atoms with Gasteiger partial charge in [-0.25, -0.2) is 4.79 Å². The number of rotatable bonds is 2. The fraction of sp³-hybridized carbons (Fsp3) is 0.583. The van der Waals surface area contributed by atoms with Crippen LogP contribution in [0.4, 0.5) is 10.6 Å². The first-order valence-corrected chi connectivity index (χ1v) is 6.49. The van der Waals surface area contributed by atoms with E-state index < -0.39 is 6.09 Å². The average molecular weight is 285 g/mol. The fourth-order valence-electron chi connectivity index (χ4n) is 2.16. The molecule has 0 aliphatic carbocycles. The van der Waals surface area contributed by atoms with Crippen molar-refractivity contribution in [2.45, 2.75) is 26.3 Å². The van der Waals surface area contributed by atoms with Crippen LogP contribution in [-0.4, -0.2) is 42.5 Å². The first-order valence-electron chi connectivity index (χ1n) is 6.11. The summed E-state index contributed by atoms with van der Waals surface area (Å²) in [4.78, 5) is 13.3. The Morgan fingerprint density at radius 2 is 2.16 bits per heavy atom. The molecule has 0 spiro atoms. The predicted octanol–water partition coefficient (Wildman–Crippen LogP) is 1.68. The molecule has 104 valence electrons. The molecule has 0 bridgehead atoms. The summed E-state index contributed by atoms with van der Waals surface area (Å²) in [6.07, 6.45) is 0.458. The Morgan fingerprint density at radius 3 is 2.84 bits per heavy atom. The molecule has 1 atom stereocenters. The Kier molecular flexibility index (Phi) is 4.09. The van der Waals surface area contributed by atoms with Crippen LogP contribution in [0.1, 0.15) is 17.5 Å². The van der Waals surface area contributed by atoms with E-state index in [0.29, 0.717) is 11.7 Å². The van der Waals surface area contributed by atoms with Crippen molar-refractivity contribution in [2.75, 3.05) is 25.1 Å². The van der Waals surface area contributed by atoms with Gasteiger partial charge >= 0.3 is 6.09 Å². The number of alkyl carbamates (subject to hydrolysis) is 1. The second-order valence-electron chi connectivity index (χ2n) is 4.63. The number of carbonyl (C=O) groups is 1. The largest absolute Gasteiger partial charge is 0.453 e. The Bertz CT molecular complexity index is 495. The Labute approximate surface area is 117 Å². The molecule has 2 rings (SSSR count). The van der Waals surface area contributed by atoms with Gasteiger partial charge in [-0.3, -0.25) is 0 Å². The number of halogens is 1. The van der Waals surface area contributed by atoms with E-state index in [2.05, 4.69) is 25.2 Å². The van der Waals surface area contributed by atoms with Crippen LogP contribution in [0.2, 0.25) is 5.15 Å². The van der Waals surface area contributed by atoms with Crippen molar-refractivity contribution < 1.29 is 9.53 Å². The third-order valence-corrected chi connectivity index (χ3v) is 3.79. The van der Waals surface area contributed by atoms with E-state index in [4.69, 9.17) is 11.6 Å². The number of aromatic nitrogens is 2. The minimum Gasteiger partial charge on any atom is -0.453 e. The zero-order valence-corrected chi connectivity index (χ0v) is 12.0. The summed E-state index contributed by atoms with van der Waals surface area (Å²) >= 11 is 5.94. The molecule has 1 aliphatic heterocycles. The summed E-state index contributed by atoms with van der Waals surface area (Å²) in [5.41, 5.74) is 1.97. The van der Waals surface area contributed by atoms with E-state index in [9.17, 15) is 4.79 Å². The SMILES string of the molecule is COC(=O)NC1CCN(c2nnc(Cl)c(C)c2C)C1. The number of ether oxygens (including phenoxy) is 1. The highest BCUT2D eigenvalue weighted by molar-refractivity contribution is 6.30. The highest BCUT2D eigenvalue weighted by Crippen LogP contribution is 2.26. The molecule has 1 aromatic rings. The molecule has 19 heavy (non-hydrogen) atoms. The van der Waals surface area contributed by atoms with Crippen LogP contribution >= 0.6 is 11.6 Å². The van der Waals surface area contributed by atoms with Gasteiger partial charge in [0.05, 0.1) is 13.2 Å². The summed E-state index contributed by atoms with van der Waals surface area (Å²) in [7, 11) is 1.36. The maximum Gasteiger partial charge on any atom is 0.407 e. The minimum absolute atomic E-state index is 0.0737. The number of hydrogen-bond acceptors (Lipinski definition) is 5. The summed E-state index contributed by atoms with van der Waals surface area (Å²) < 4.78 is 4.60. The van der Waals surface area contributed by atoms with Gasteiger partial charge < -0.3 is 15.0 Å². The molecule has 6 nitrogen and oxygen atoms in total. The van der Waals surface area contributed by atoms with Crippen LogP contribution < -0.4 is 10.2 Å². The van der Waals surface area contributed by atoms with Gasteiger partial charge in [0.25, 0.3) is 0 Å². The van der Waals surface area contributed by atoms with Gasteiger partial charge in [-0.15, -0.1) is 10.2 Å². The van der Waals surface area contributed by atoms with Crippen LogP contribution in [0.3, 0.4) is 0 Å². The molecule has 0 aromatic carbocycles. The van der Waals surface area contributed by atoms with E-state index in [-0.39, 0.29) is 6.04 Å². The maximum absolute atomic E-state index is 11.2. The van der Waals surface area contributed by atoms with Gasteiger partial charge in [0, 0.05) is 13.1 Å². The van der Waals surface area contributed by atoms with Gasteiger partial charge in [-0.05, 0) is 31.4 Å². The van der Waals surface area contributed by atoms with E-state index in [1.807, 2.05) is 13.8 Å². The van der Waals surface area contributed by atoms with Crippen LogP contribution in [0, 0.1) is 13.8 Å². The molecule has 1 fully saturated rings. The van der Waals surface area contributed by atoms with Gasteiger partial charge in [-0.1, -0.05) is 11.6 Å². The molecular formula is C12H17ClN4O2. The monoisotopic (exact) mass is 284 g/mol. The number of amides is 1. The van der Waals surface area contributed by atoms with Crippen LogP contribution in [0.15, 0.2) is 0 Å². The standard InChI is InChI=1S/C12H17ClN4O2/c1-7-8(2)11(16-15-10(7)13)17-5-4-9(6-17)14-12(18)19-3/h9H,4-6H2,1-3H3,(H,14,18). The molecular weight excluding hydrogens is 268 g/mol. The topological polar surface area (TPSA) is 67.3 Å². The molecule has 1 aromatic heterocycles.